The maximum absolute atomic E-state index is 12.7. The molecular formula is C52H94NO7+. The summed E-state index contributed by atoms with van der Waals surface area (Å²) in [6.45, 7) is 4.62. The van der Waals surface area contributed by atoms with Gasteiger partial charge in [-0.1, -0.05) is 172 Å². The zero-order valence-electron chi connectivity index (χ0n) is 39.7. The Kier molecular flexibility index (Phi) is 41.0. The van der Waals surface area contributed by atoms with Gasteiger partial charge in [-0.2, -0.15) is 0 Å². The van der Waals surface area contributed by atoms with Gasteiger partial charge in [0.05, 0.1) is 34.4 Å². The molecular weight excluding hydrogens is 751 g/mol. The summed E-state index contributed by atoms with van der Waals surface area (Å²) in [5.74, 6) is -1.48. The fraction of sp³-hybridized carbons (Fsp3) is 0.788. The van der Waals surface area contributed by atoms with Crippen LogP contribution in [0.15, 0.2) is 48.6 Å². The summed E-state index contributed by atoms with van der Waals surface area (Å²) in [6.07, 6.45) is 51.6. The van der Waals surface area contributed by atoms with Gasteiger partial charge in [-0.3, -0.25) is 9.59 Å². The Morgan fingerprint density at radius 3 is 1.42 bits per heavy atom. The molecule has 0 fully saturated rings. The second-order valence-corrected chi connectivity index (χ2v) is 17.7. The number of carboxylic acid groups (broad SMARTS) is 1. The normalized spacial score (nSPS) is 13.3. The van der Waals surface area contributed by atoms with Crippen LogP contribution < -0.4 is 0 Å². The van der Waals surface area contributed by atoms with Gasteiger partial charge in [0.25, 0.3) is 0 Å². The number of carboxylic acids is 1. The molecule has 0 aromatic heterocycles. The van der Waals surface area contributed by atoms with Crippen molar-refractivity contribution >= 4 is 17.9 Å². The van der Waals surface area contributed by atoms with E-state index in [4.69, 9.17) is 14.2 Å². The van der Waals surface area contributed by atoms with Crippen molar-refractivity contribution < 1.29 is 38.2 Å². The second-order valence-electron chi connectivity index (χ2n) is 17.7. The average molecular weight is 845 g/mol. The number of esters is 2. The van der Waals surface area contributed by atoms with Crippen LogP contribution in [0.25, 0.3) is 0 Å². The fourth-order valence-corrected chi connectivity index (χ4v) is 7.16. The lowest BCUT2D eigenvalue weighted by molar-refractivity contribution is -0.887. The molecule has 1 N–H and O–H groups in total. The van der Waals surface area contributed by atoms with Gasteiger partial charge >= 0.3 is 17.9 Å². The molecule has 2 unspecified atom stereocenters. The predicted octanol–water partition coefficient (Wildman–Crippen LogP) is 14.0. The summed E-state index contributed by atoms with van der Waals surface area (Å²) in [5.41, 5.74) is 0. The minimum absolute atomic E-state index is 0.0557. The van der Waals surface area contributed by atoms with Gasteiger partial charge in [-0.25, -0.2) is 4.79 Å². The van der Waals surface area contributed by atoms with Crippen molar-refractivity contribution in [1.82, 2.24) is 0 Å². The lowest BCUT2D eigenvalue weighted by Crippen LogP contribution is -2.50. The predicted molar refractivity (Wildman–Crippen MR) is 252 cm³/mol. The highest BCUT2D eigenvalue weighted by Gasteiger charge is 2.31. The Labute approximate surface area is 369 Å². The Morgan fingerprint density at radius 1 is 0.517 bits per heavy atom. The van der Waals surface area contributed by atoms with E-state index in [-0.39, 0.29) is 36.2 Å². The maximum Gasteiger partial charge on any atom is 0.362 e. The summed E-state index contributed by atoms with van der Waals surface area (Å²) in [5, 5.41) is 9.63. The lowest BCUT2D eigenvalue weighted by Gasteiger charge is -2.31. The van der Waals surface area contributed by atoms with Crippen LogP contribution in [0.5, 0.6) is 0 Å². The number of hydrogen-bond donors (Lipinski definition) is 1. The molecule has 0 bridgehead atoms. The smallest absolute Gasteiger partial charge is 0.362 e. The van der Waals surface area contributed by atoms with Crippen LogP contribution in [-0.2, 0) is 28.6 Å². The average Bonchev–Trinajstić information content (AvgIpc) is 3.21. The number of aliphatic carboxylic acids is 1. The topological polar surface area (TPSA) is 99.1 Å². The molecule has 0 spiro atoms. The SMILES string of the molecule is CC/C=C/C/C=C/C/C=C/CCCCCCCCCCCCCCCC(=O)OCC(COCCC(C(=O)O)[N+](C)(C)C)OC(=O)CCCCC/C=C/CCCCCCCC. The van der Waals surface area contributed by atoms with Crippen LogP contribution in [0.3, 0.4) is 0 Å². The van der Waals surface area contributed by atoms with Crippen molar-refractivity contribution in [2.75, 3.05) is 41.0 Å². The van der Waals surface area contributed by atoms with E-state index in [1.807, 2.05) is 21.1 Å². The van der Waals surface area contributed by atoms with Crippen LogP contribution in [0, 0.1) is 0 Å². The molecule has 0 aromatic rings. The zero-order chi connectivity index (χ0) is 44.2. The Bertz CT molecular complexity index is 1120. The minimum atomic E-state index is -0.877. The molecule has 0 heterocycles. The van der Waals surface area contributed by atoms with E-state index in [9.17, 15) is 19.5 Å². The first-order chi connectivity index (χ1) is 29.1. The number of unbranched alkanes of at least 4 members (excludes halogenated alkanes) is 22. The molecule has 0 aliphatic heterocycles. The summed E-state index contributed by atoms with van der Waals surface area (Å²) >= 11 is 0. The third kappa shape index (κ3) is 40.7. The molecule has 0 radical (unpaired) electrons. The molecule has 0 saturated heterocycles. The first kappa shape index (κ1) is 57.3. The van der Waals surface area contributed by atoms with E-state index in [2.05, 4.69) is 62.5 Å². The van der Waals surface area contributed by atoms with Crippen LogP contribution in [0.4, 0.5) is 0 Å². The van der Waals surface area contributed by atoms with Crippen molar-refractivity contribution in [3.63, 3.8) is 0 Å². The number of nitrogens with zero attached hydrogens (tertiary/aromatic N) is 1. The molecule has 0 rings (SSSR count). The standard InChI is InChI=1S/C52H93NO7/c1-6-8-10-12-14-16-18-20-21-22-23-24-25-26-27-28-29-31-32-34-36-38-40-42-50(54)59-47-48(46-58-45-44-49(52(56)57)53(3,4)5)60-51(55)43-41-39-37-35-33-30-19-17-15-13-11-9-7-2/h8,10,14,16,20-21,30,33,48-49H,6-7,9,11-13,15,17-19,22-29,31-32,34-47H2,1-5H3/p+1/b10-8+,16-14+,21-20+,33-30+. The highest BCUT2D eigenvalue weighted by molar-refractivity contribution is 5.72. The number of carbonyl (C=O) groups excluding carboxylic acids is 2. The number of quaternary nitrogens is 1. The van der Waals surface area contributed by atoms with Gasteiger partial charge in [0, 0.05) is 19.3 Å². The molecule has 8 heteroatoms. The first-order valence-electron chi connectivity index (χ1n) is 24.7. The molecule has 0 aromatic carbocycles. The molecule has 0 aliphatic carbocycles. The summed E-state index contributed by atoms with van der Waals surface area (Å²) < 4.78 is 17.3. The Morgan fingerprint density at radius 2 is 0.933 bits per heavy atom. The van der Waals surface area contributed by atoms with E-state index in [0.29, 0.717) is 19.3 Å². The van der Waals surface area contributed by atoms with Crippen LogP contribution in [0.1, 0.15) is 213 Å². The van der Waals surface area contributed by atoms with Crippen molar-refractivity contribution in [1.29, 1.82) is 0 Å². The Balaban J connectivity index is 4.20. The number of carbonyl (C=O) groups is 3. The number of allylic oxidation sites excluding steroid dienone is 8. The largest absolute Gasteiger partial charge is 0.477 e. The van der Waals surface area contributed by atoms with Crippen LogP contribution in [-0.4, -0.2) is 80.6 Å². The molecule has 348 valence electrons. The van der Waals surface area contributed by atoms with Gasteiger partial charge in [-0.15, -0.1) is 0 Å². The molecule has 0 aliphatic rings. The maximum atomic E-state index is 12.7. The van der Waals surface area contributed by atoms with Gasteiger partial charge in [0.2, 0.25) is 0 Å². The summed E-state index contributed by atoms with van der Waals surface area (Å²) in [7, 11) is 5.53. The van der Waals surface area contributed by atoms with Gasteiger partial charge in [-0.05, 0) is 70.6 Å². The van der Waals surface area contributed by atoms with E-state index >= 15 is 0 Å². The number of rotatable bonds is 44. The van der Waals surface area contributed by atoms with Gasteiger partial charge < -0.3 is 23.8 Å². The molecule has 8 nitrogen and oxygen atoms in total. The van der Waals surface area contributed by atoms with Crippen molar-refractivity contribution in [3.8, 4) is 0 Å². The number of hydrogen-bond acceptors (Lipinski definition) is 6. The monoisotopic (exact) mass is 845 g/mol. The number of likely N-dealkylation sites (N-methyl/N-ethyl adjacent to an activating group) is 1. The molecule has 2 atom stereocenters. The van der Waals surface area contributed by atoms with Crippen molar-refractivity contribution in [2.24, 2.45) is 0 Å². The molecule has 0 saturated carbocycles. The van der Waals surface area contributed by atoms with Crippen LogP contribution >= 0.6 is 0 Å². The van der Waals surface area contributed by atoms with E-state index in [1.54, 1.807) is 0 Å². The Hall–Kier alpha value is -2.71. The summed E-state index contributed by atoms with van der Waals surface area (Å²) in [4.78, 5) is 37.1. The highest BCUT2D eigenvalue weighted by Crippen LogP contribution is 2.15. The van der Waals surface area contributed by atoms with Crippen LogP contribution in [0.2, 0.25) is 0 Å². The highest BCUT2D eigenvalue weighted by atomic mass is 16.6. The quantitative estimate of drug-likeness (QED) is 0.0282. The number of ether oxygens (including phenoxy) is 3. The van der Waals surface area contributed by atoms with Crippen molar-refractivity contribution in [3.05, 3.63) is 48.6 Å². The first-order valence-corrected chi connectivity index (χ1v) is 24.7. The van der Waals surface area contributed by atoms with Crippen molar-refractivity contribution in [2.45, 2.75) is 225 Å². The molecule has 60 heavy (non-hydrogen) atoms. The third-order valence-corrected chi connectivity index (χ3v) is 11.0. The van der Waals surface area contributed by atoms with Gasteiger partial charge in [0.15, 0.2) is 12.1 Å². The fourth-order valence-electron chi connectivity index (χ4n) is 7.16. The van der Waals surface area contributed by atoms with E-state index in [0.717, 1.165) is 70.6 Å². The zero-order valence-corrected chi connectivity index (χ0v) is 39.7. The molecule has 0 amide bonds. The third-order valence-electron chi connectivity index (χ3n) is 11.0. The summed E-state index contributed by atoms with van der Waals surface area (Å²) in [6, 6.07) is -0.617. The van der Waals surface area contributed by atoms with Gasteiger partial charge in [0.1, 0.15) is 6.61 Å². The van der Waals surface area contributed by atoms with E-state index < -0.39 is 18.1 Å². The van der Waals surface area contributed by atoms with E-state index in [1.165, 1.54) is 109 Å². The lowest BCUT2D eigenvalue weighted by atomic mass is 10.0. The minimum Gasteiger partial charge on any atom is -0.477 e. The second kappa shape index (κ2) is 43.0.